The van der Waals surface area contributed by atoms with E-state index in [1.165, 1.54) is 0 Å². The molecule has 6 heteroatoms. The molecule has 0 amide bonds. The number of rotatable bonds is 3. The zero-order valence-corrected chi connectivity index (χ0v) is 12.3. The van der Waals surface area contributed by atoms with E-state index in [-0.39, 0.29) is 6.42 Å². The number of hydrogen-bond acceptors (Lipinski definition) is 2. The maximum atomic E-state index is 10.6. The molecule has 0 fully saturated rings. The lowest BCUT2D eigenvalue weighted by molar-refractivity contribution is -0.138. The molecular weight excluding hydrogens is 394 g/mol. The number of halogens is 3. The number of hydrogen-bond donors (Lipinski definition) is 2. The van der Waals surface area contributed by atoms with E-state index in [4.69, 9.17) is 10.8 Å². The van der Waals surface area contributed by atoms with Gasteiger partial charge in [-0.05, 0) is 56.0 Å². The Morgan fingerprint density at radius 2 is 2.00 bits per heavy atom. The lowest BCUT2D eigenvalue weighted by Gasteiger charge is -2.10. The Morgan fingerprint density at radius 1 is 1.40 bits per heavy atom. The standard InChI is InChI=1S/C9H8Br3NO2/c10-5-1-4(2-7(13)9(14)15)8(12)6(11)3-5/h1,3,7H,2,13H2,(H,14,15)/t7-/m0/s1. The van der Waals surface area contributed by atoms with Crippen LogP contribution in [0.2, 0.25) is 0 Å². The Morgan fingerprint density at radius 3 is 2.53 bits per heavy atom. The molecule has 0 bridgehead atoms. The summed E-state index contributed by atoms with van der Waals surface area (Å²) in [5.74, 6) is -1.00. The van der Waals surface area contributed by atoms with Gasteiger partial charge in [0, 0.05) is 13.4 Å². The second-order valence-electron chi connectivity index (χ2n) is 3.01. The van der Waals surface area contributed by atoms with Crippen molar-refractivity contribution >= 4 is 53.8 Å². The normalized spacial score (nSPS) is 12.5. The fourth-order valence-corrected chi connectivity index (χ4v) is 2.79. The van der Waals surface area contributed by atoms with E-state index < -0.39 is 12.0 Å². The molecule has 0 aromatic heterocycles. The fourth-order valence-electron chi connectivity index (χ4n) is 1.08. The van der Waals surface area contributed by atoms with Gasteiger partial charge in [0.15, 0.2) is 0 Å². The van der Waals surface area contributed by atoms with E-state index >= 15 is 0 Å². The Hall–Kier alpha value is 0.0900. The second kappa shape index (κ2) is 5.43. The minimum absolute atomic E-state index is 0.286. The van der Waals surface area contributed by atoms with Gasteiger partial charge < -0.3 is 10.8 Å². The summed E-state index contributed by atoms with van der Waals surface area (Å²) in [5.41, 5.74) is 6.32. The van der Waals surface area contributed by atoms with E-state index in [1.807, 2.05) is 12.1 Å². The van der Waals surface area contributed by atoms with Gasteiger partial charge in [-0.1, -0.05) is 15.9 Å². The van der Waals surface area contributed by atoms with E-state index in [9.17, 15) is 4.79 Å². The minimum atomic E-state index is -1.00. The first-order chi connectivity index (χ1) is 6.91. The van der Waals surface area contributed by atoms with Crippen molar-refractivity contribution in [3.63, 3.8) is 0 Å². The minimum Gasteiger partial charge on any atom is -0.480 e. The van der Waals surface area contributed by atoms with Crippen LogP contribution in [-0.4, -0.2) is 17.1 Å². The third-order valence-electron chi connectivity index (χ3n) is 1.83. The topological polar surface area (TPSA) is 63.3 Å². The number of carboxylic acid groups (broad SMARTS) is 1. The average Bonchev–Trinajstić information content (AvgIpc) is 2.13. The molecule has 0 aliphatic rings. The first-order valence-corrected chi connectivity index (χ1v) is 6.41. The molecule has 0 saturated carbocycles. The van der Waals surface area contributed by atoms with Crippen LogP contribution in [0.4, 0.5) is 0 Å². The molecule has 82 valence electrons. The predicted octanol–water partition coefficient (Wildman–Crippen LogP) is 2.93. The van der Waals surface area contributed by atoms with Crippen LogP contribution < -0.4 is 5.73 Å². The maximum Gasteiger partial charge on any atom is 0.320 e. The van der Waals surface area contributed by atoms with Crippen LogP contribution in [0.1, 0.15) is 5.56 Å². The van der Waals surface area contributed by atoms with Crippen molar-refractivity contribution in [3.8, 4) is 0 Å². The van der Waals surface area contributed by atoms with Crippen LogP contribution in [-0.2, 0) is 11.2 Å². The highest BCUT2D eigenvalue weighted by Crippen LogP contribution is 2.31. The first kappa shape index (κ1) is 13.2. The summed E-state index contributed by atoms with van der Waals surface area (Å²) in [6, 6.07) is 2.83. The average molecular weight is 402 g/mol. The smallest absolute Gasteiger partial charge is 0.320 e. The third-order valence-corrected chi connectivity index (χ3v) is 4.38. The molecule has 0 aliphatic heterocycles. The maximum absolute atomic E-state index is 10.6. The van der Waals surface area contributed by atoms with Gasteiger partial charge in [-0.15, -0.1) is 0 Å². The quantitative estimate of drug-likeness (QED) is 0.765. The zero-order valence-electron chi connectivity index (χ0n) is 7.51. The largest absolute Gasteiger partial charge is 0.480 e. The second-order valence-corrected chi connectivity index (χ2v) is 5.57. The van der Waals surface area contributed by atoms with Gasteiger partial charge in [0.1, 0.15) is 6.04 Å². The highest BCUT2D eigenvalue weighted by molar-refractivity contribution is 9.13. The summed E-state index contributed by atoms with van der Waals surface area (Å²) in [6.07, 6.45) is 0.286. The lowest BCUT2D eigenvalue weighted by Crippen LogP contribution is -2.32. The molecule has 3 nitrogen and oxygen atoms in total. The molecule has 0 heterocycles. The van der Waals surface area contributed by atoms with Crippen LogP contribution in [0.5, 0.6) is 0 Å². The number of carboxylic acids is 1. The molecule has 1 aromatic carbocycles. The van der Waals surface area contributed by atoms with Crippen LogP contribution in [0.3, 0.4) is 0 Å². The van der Waals surface area contributed by atoms with Gasteiger partial charge in [-0.3, -0.25) is 4.79 Å². The number of aliphatic carboxylic acids is 1. The van der Waals surface area contributed by atoms with Gasteiger partial charge in [-0.2, -0.15) is 0 Å². The Bertz CT molecular complexity index is 395. The van der Waals surface area contributed by atoms with E-state index in [0.29, 0.717) is 0 Å². The summed E-state index contributed by atoms with van der Waals surface area (Å²) in [5, 5.41) is 8.71. The molecule has 0 spiro atoms. The first-order valence-electron chi connectivity index (χ1n) is 4.03. The van der Waals surface area contributed by atoms with Crippen LogP contribution in [0.15, 0.2) is 25.6 Å². The van der Waals surface area contributed by atoms with Gasteiger partial charge >= 0.3 is 5.97 Å². The summed E-state index contributed by atoms with van der Waals surface area (Å²) in [4.78, 5) is 10.6. The van der Waals surface area contributed by atoms with Crippen molar-refractivity contribution in [1.29, 1.82) is 0 Å². The highest BCUT2D eigenvalue weighted by Gasteiger charge is 2.15. The molecule has 15 heavy (non-hydrogen) atoms. The lowest BCUT2D eigenvalue weighted by atomic mass is 10.1. The van der Waals surface area contributed by atoms with Crippen LogP contribution >= 0.6 is 47.8 Å². The molecule has 0 radical (unpaired) electrons. The Labute approximate surface area is 112 Å². The van der Waals surface area contributed by atoms with Gasteiger partial charge in [0.25, 0.3) is 0 Å². The van der Waals surface area contributed by atoms with Crippen molar-refractivity contribution in [2.24, 2.45) is 5.73 Å². The van der Waals surface area contributed by atoms with E-state index in [0.717, 1.165) is 19.0 Å². The van der Waals surface area contributed by atoms with Crippen molar-refractivity contribution in [1.82, 2.24) is 0 Å². The number of carbonyl (C=O) groups is 1. The molecule has 3 N–H and O–H groups in total. The Kier molecular flexibility index (Phi) is 4.76. The van der Waals surface area contributed by atoms with E-state index in [1.54, 1.807) is 0 Å². The van der Waals surface area contributed by atoms with Gasteiger partial charge in [0.05, 0.1) is 0 Å². The third kappa shape index (κ3) is 3.55. The van der Waals surface area contributed by atoms with E-state index in [2.05, 4.69) is 47.8 Å². The van der Waals surface area contributed by atoms with Crippen LogP contribution in [0, 0.1) is 0 Å². The molecule has 0 aliphatic carbocycles. The number of benzene rings is 1. The summed E-state index contributed by atoms with van der Waals surface area (Å²) >= 11 is 10.1. The van der Waals surface area contributed by atoms with Crippen molar-refractivity contribution in [2.75, 3.05) is 0 Å². The molecular formula is C9H8Br3NO2. The number of nitrogens with two attached hydrogens (primary N) is 1. The van der Waals surface area contributed by atoms with Crippen molar-refractivity contribution < 1.29 is 9.90 Å². The highest BCUT2D eigenvalue weighted by atomic mass is 79.9. The summed E-state index contributed by atoms with van der Waals surface area (Å²) in [7, 11) is 0. The summed E-state index contributed by atoms with van der Waals surface area (Å²) < 4.78 is 2.58. The molecule has 0 unspecified atom stereocenters. The van der Waals surface area contributed by atoms with Crippen molar-refractivity contribution in [2.45, 2.75) is 12.5 Å². The SMILES string of the molecule is N[C@@H](Cc1cc(Br)cc(Br)c1Br)C(=O)O. The zero-order chi connectivity index (χ0) is 11.6. The van der Waals surface area contributed by atoms with Crippen LogP contribution in [0.25, 0.3) is 0 Å². The summed E-state index contributed by atoms with van der Waals surface area (Å²) in [6.45, 7) is 0. The molecule has 1 rings (SSSR count). The van der Waals surface area contributed by atoms with Gasteiger partial charge in [-0.25, -0.2) is 0 Å². The molecule has 1 atom stereocenters. The van der Waals surface area contributed by atoms with Gasteiger partial charge in [0.2, 0.25) is 0 Å². The molecule has 1 aromatic rings. The Balaban J connectivity index is 2.99. The monoisotopic (exact) mass is 399 g/mol. The molecule has 0 saturated heterocycles. The fraction of sp³-hybridized carbons (Fsp3) is 0.222. The van der Waals surface area contributed by atoms with Crippen molar-refractivity contribution in [3.05, 3.63) is 31.1 Å². The predicted molar refractivity (Wildman–Crippen MR) is 68.9 cm³/mol.